The second-order valence-corrected chi connectivity index (χ2v) is 3.55. The van der Waals surface area contributed by atoms with E-state index >= 15 is 0 Å². The highest BCUT2D eigenvalue weighted by Crippen LogP contribution is 2.10. The van der Waals surface area contributed by atoms with E-state index in [-0.39, 0.29) is 6.04 Å². The predicted molar refractivity (Wildman–Crippen MR) is 66.6 cm³/mol. The summed E-state index contributed by atoms with van der Waals surface area (Å²) in [4.78, 5) is 1.58. The Morgan fingerprint density at radius 2 is 2.18 bits per heavy atom. The highest BCUT2D eigenvalue weighted by Gasteiger charge is 2.11. The molecule has 4 heteroatoms. The fraction of sp³-hybridized carbons (Fsp3) is 0.231. The van der Waals surface area contributed by atoms with E-state index in [2.05, 4.69) is 21.4 Å². The average molecular weight is 226 g/mol. The molecule has 0 radical (unpaired) electrons. The van der Waals surface area contributed by atoms with Crippen LogP contribution in [0.4, 0.5) is 0 Å². The molecule has 0 saturated carbocycles. The Kier molecular flexibility index (Phi) is 3.53. The molecule has 2 rings (SSSR count). The minimum atomic E-state index is -0.183. The fourth-order valence-electron chi connectivity index (χ4n) is 1.55. The SMILES string of the molecule is C#CC(NCC)c1cnn(-c2ccccc2)n1. The van der Waals surface area contributed by atoms with Crippen LogP contribution in [0.1, 0.15) is 18.7 Å². The lowest BCUT2D eigenvalue weighted by molar-refractivity contribution is 0.634. The Bertz CT molecular complexity index is 510. The van der Waals surface area contributed by atoms with E-state index in [1.165, 1.54) is 0 Å². The Hall–Kier alpha value is -2.12. The van der Waals surface area contributed by atoms with Gasteiger partial charge in [0, 0.05) is 0 Å². The third-order valence-electron chi connectivity index (χ3n) is 2.37. The van der Waals surface area contributed by atoms with Crippen molar-refractivity contribution in [3.8, 4) is 18.0 Å². The lowest BCUT2D eigenvalue weighted by atomic mass is 10.2. The molecule has 0 spiro atoms. The molecular formula is C13H14N4. The van der Waals surface area contributed by atoms with Gasteiger partial charge in [-0.25, -0.2) is 0 Å². The normalized spacial score (nSPS) is 12.0. The molecule has 0 aliphatic rings. The zero-order valence-electron chi connectivity index (χ0n) is 9.67. The summed E-state index contributed by atoms with van der Waals surface area (Å²) >= 11 is 0. The number of hydrogen-bond acceptors (Lipinski definition) is 3. The minimum Gasteiger partial charge on any atom is -0.299 e. The van der Waals surface area contributed by atoms with Gasteiger partial charge in [-0.3, -0.25) is 5.32 Å². The van der Waals surface area contributed by atoms with E-state index in [4.69, 9.17) is 6.42 Å². The number of nitrogens with zero attached hydrogens (tertiary/aromatic N) is 3. The largest absolute Gasteiger partial charge is 0.299 e. The van der Waals surface area contributed by atoms with E-state index in [1.807, 2.05) is 37.3 Å². The van der Waals surface area contributed by atoms with Crippen molar-refractivity contribution in [3.63, 3.8) is 0 Å². The Balaban J connectivity index is 2.25. The first kappa shape index (κ1) is 11.4. The molecule has 17 heavy (non-hydrogen) atoms. The Morgan fingerprint density at radius 3 is 2.82 bits per heavy atom. The first-order valence-electron chi connectivity index (χ1n) is 5.52. The molecule has 1 aromatic heterocycles. The van der Waals surface area contributed by atoms with Crippen molar-refractivity contribution < 1.29 is 0 Å². The van der Waals surface area contributed by atoms with Crippen LogP contribution in [0.5, 0.6) is 0 Å². The molecule has 1 atom stereocenters. The first-order valence-corrected chi connectivity index (χ1v) is 5.52. The molecule has 0 bridgehead atoms. The van der Waals surface area contributed by atoms with Gasteiger partial charge in [-0.1, -0.05) is 31.0 Å². The number of aromatic nitrogens is 3. The van der Waals surface area contributed by atoms with E-state index in [9.17, 15) is 0 Å². The van der Waals surface area contributed by atoms with Crippen molar-refractivity contribution >= 4 is 0 Å². The molecule has 0 aliphatic heterocycles. The molecule has 0 amide bonds. The van der Waals surface area contributed by atoms with Crippen LogP contribution in [0.15, 0.2) is 36.5 Å². The quantitative estimate of drug-likeness (QED) is 0.804. The van der Waals surface area contributed by atoms with Crippen LogP contribution in [0.25, 0.3) is 5.69 Å². The summed E-state index contributed by atoms with van der Waals surface area (Å²) in [5.74, 6) is 2.66. The Labute approximate surface area is 101 Å². The van der Waals surface area contributed by atoms with Gasteiger partial charge in [0.2, 0.25) is 0 Å². The third-order valence-corrected chi connectivity index (χ3v) is 2.37. The standard InChI is InChI=1S/C13H14N4/c1-3-12(14-4-2)13-10-15-17(16-13)11-8-6-5-7-9-11/h1,5-10,12,14H,4H2,2H3. The summed E-state index contributed by atoms with van der Waals surface area (Å²) in [6, 6.07) is 9.56. The van der Waals surface area contributed by atoms with E-state index in [0.29, 0.717) is 0 Å². The van der Waals surface area contributed by atoms with Gasteiger partial charge in [-0.05, 0) is 18.7 Å². The molecule has 1 heterocycles. The third kappa shape index (κ3) is 2.52. The van der Waals surface area contributed by atoms with Crippen LogP contribution in [0.2, 0.25) is 0 Å². The van der Waals surface area contributed by atoms with Crippen molar-refractivity contribution in [2.75, 3.05) is 6.54 Å². The minimum absolute atomic E-state index is 0.183. The van der Waals surface area contributed by atoms with E-state index in [0.717, 1.165) is 17.9 Å². The lowest BCUT2D eigenvalue weighted by Crippen LogP contribution is -2.19. The number of para-hydroxylation sites is 1. The average Bonchev–Trinajstić information content (AvgIpc) is 2.86. The summed E-state index contributed by atoms with van der Waals surface area (Å²) in [7, 11) is 0. The topological polar surface area (TPSA) is 42.7 Å². The van der Waals surface area contributed by atoms with Crippen molar-refractivity contribution in [1.29, 1.82) is 0 Å². The summed E-state index contributed by atoms with van der Waals surface area (Å²) in [5.41, 5.74) is 1.68. The van der Waals surface area contributed by atoms with Crippen LogP contribution in [0, 0.1) is 12.3 Å². The van der Waals surface area contributed by atoms with Gasteiger partial charge in [0.25, 0.3) is 0 Å². The van der Waals surface area contributed by atoms with Gasteiger partial charge in [0.15, 0.2) is 0 Å². The van der Waals surface area contributed by atoms with Crippen molar-refractivity contribution in [2.24, 2.45) is 0 Å². The summed E-state index contributed by atoms with van der Waals surface area (Å²) in [6.07, 6.45) is 7.14. The van der Waals surface area contributed by atoms with Crippen molar-refractivity contribution in [3.05, 3.63) is 42.2 Å². The second kappa shape index (κ2) is 5.28. The molecule has 1 aromatic carbocycles. The van der Waals surface area contributed by atoms with Gasteiger partial charge >= 0.3 is 0 Å². The van der Waals surface area contributed by atoms with Crippen LogP contribution in [-0.2, 0) is 0 Å². The maximum Gasteiger partial charge on any atom is 0.115 e. The molecule has 0 saturated heterocycles. The number of nitrogens with one attached hydrogen (secondary N) is 1. The van der Waals surface area contributed by atoms with Gasteiger partial charge in [-0.15, -0.1) is 6.42 Å². The number of benzene rings is 1. The summed E-state index contributed by atoms with van der Waals surface area (Å²) in [6.45, 7) is 2.80. The highest BCUT2D eigenvalue weighted by atomic mass is 15.5. The molecular weight excluding hydrogens is 212 g/mol. The zero-order valence-corrected chi connectivity index (χ0v) is 9.67. The van der Waals surface area contributed by atoms with Crippen LogP contribution in [-0.4, -0.2) is 21.5 Å². The molecule has 1 unspecified atom stereocenters. The molecule has 1 N–H and O–H groups in total. The predicted octanol–water partition coefficient (Wildman–Crippen LogP) is 1.55. The molecule has 86 valence electrons. The molecule has 0 fully saturated rings. The summed E-state index contributed by atoms with van der Waals surface area (Å²) < 4.78 is 0. The van der Waals surface area contributed by atoms with E-state index < -0.39 is 0 Å². The van der Waals surface area contributed by atoms with Gasteiger partial charge < -0.3 is 0 Å². The van der Waals surface area contributed by atoms with Crippen LogP contribution >= 0.6 is 0 Å². The Morgan fingerprint density at radius 1 is 1.41 bits per heavy atom. The fourth-order valence-corrected chi connectivity index (χ4v) is 1.55. The van der Waals surface area contributed by atoms with Crippen molar-refractivity contribution in [1.82, 2.24) is 20.3 Å². The van der Waals surface area contributed by atoms with Crippen molar-refractivity contribution in [2.45, 2.75) is 13.0 Å². The second-order valence-electron chi connectivity index (χ2n) is 3.55. The lowest BCUT2D eigenvalue weighted by Gasteiger charge is -2.06. The monoisotopic (exact) mass is 226 g/mol. The first-order chi connectivity index (χ1) is 8.35. The maximum absolute atomic E-state index is 5.45. The number of rotatable bonds is 4. The molecule has 2 aromatic rings. The molecule has 0 aliphatic carbocycles. The highest BCUT2D eigenvalue weighted by molar-refractivity contribution is 5.29. The summed E-state index contributed by atoms with van der Waals surface area (Å²) in [5, 5.41) is 11.7. The van der Waals surface area contributed by atoms with Crippen LogP contribution < -0.4 is 5.32 Å². The maximum atomic E-state index is 5.45. The van der Waals surface area contributed by atoms with Gasteiger partial charge in [-0.2, -0.15) is 15.0 Å². The smallest absolute Gasteiger partial charge is 0.115 e. The number of terminal acetylenes is 1. The van der Waals surface area contributed by atoms with Gasteiger partial charge in [0.1, 0.15) is 11.7 Å². The molecule has 4 nitrogen and oxygen atoms in total. The number of hydrogen-bond donors (Lipinski definition) is 1. The van der Waals surface area contributed by atoms with Gasteiger partial charge in [0.05, 0.1) is 11.9 Å². The zero-order chi connectivity index (χ0) is 12.1. The van der Waals surface area contributed by atoms with E-state index in [1.54, 1.807) is 11.0 Å². The van der Waals surface area contributed by atoms with Crippen LogP contribution in [0.3, 0.4) is 0 Å².